The van der Waals surface area contributed by atoms with Gasteiger partial charge in [-0.15, -0.1) is 0 Å². The van der Waals surface area contributed by atoms with E-state index in [0.29, 0.717) is 22.0 Å². The van der Waals surface area contributed by atoms with Gasteiger partial charge in [0.2, 0.25) is 0 Å². The van der Waals surface area contributed by atoms with E-state index in [2.05, 4.69) is 15.9 Å². The van der Waals surface area contributed by atoms with Gasteiger partial charge in [-0.25, -0.2) is 12.4 Å². The number of aliphatic hydroxyl groups excluding tert-OH is 1. The SMILES string of the molecule is Cc1ccc(S(=O)(=O)n2c(C(O)c3ccc(C#N)cc3)cc3cc(Br)ccc32)cc1. The van der Waals surface area contributed by atoms with E-state index < -0.39 is 16.1 Å². The molecule has 0 spiro atoms. The lowest BCUT2D eigenvalue weighted by Gasteiger charge is -2.16. The fraction of sp³-hybridized carbons (Fsp3) is 0.0870. The van der Waals surface area contributed by atoms with Crippen LogP contribution in [-0.4, -0.2) is 17.5 Å². The van der Waals surface area contributed by atoms with Crippen molar-refractivity contribution >= 4 is 36.9 Å². The Morgan fingerprint density at radius 2 is 1.67 bits per heavy atom. The van der Waals surface area contributed by atoms with E-state index in [0.717, 1.165) is 10.0 Å². The summed E-state index contributed by atoms with van der Waals surface area (Å²) in [7, 11) is -3.96. The van der Waals surface area contributed by atoms with Crippen molar-refractivity contribution in [2.24, 2.45) is 0 Å². The van der Waals surface area contributed by atoms with E-state index in [1.807, 2.05) is 19.1 Å². The number of aromatic nitrogens is 1. The standard InChI is InChI=1S/C23H17BrN2O3S/c1-15-2-9-20(10-3-15)30(28,29)26-21-11-8-19(24)12-18(21)13-22(26)23(27)17-6-4-16(14-25)5-7-17/h2-13,23,27H,1H3. The van der Waals surface area contributed by atoms with Gasteiger partial charge in [-0.1, -0.05) is 45.8 Å². The average molecular weight is 481 g/mol. The van der Waals surface area contributed by atoms with Crippen molar-refractivity contribution < 1.29 is 13.5 Å². The molecule has 3 aromatic carbocycles. The Kier molecular flexibility index (Phi) is 5.24. The summed E-state index contributed by atoms with van der Waals surface area (Å²) < 4.78 is 29.1. The van der Waals surface area contributed by atoms with Crippen LogP contribution in [0.25, 0.3) is 10.9 Å². The van der Waals surface area contributed by atoms with Gasteiger partial charge in [0.15, 0.2) is 0 Å². The highest BCUT2D eigenvalue weighted by atomic mass is 79.9. The molecule has 0 aliphatic carbocycles. The van der Waals surface area contributed by atoms with Crippen LogP contribution < -0.4 is 0 Å². The number of nitrogens with zero attached hydrogens (tertiary/aromatic N) is 2. The van der Waals surface area contributed by atoms with Crippen molar-refractivity contribution in [2.45, 2.75) is 17.9 Å². The predicted molar refractivity (Wildman–Crippen MR) is 119 cm³/mol. The molecular formula is C23H17BrN2O3S. The number of aliphatic hydroxyl groups is 1. The summed E-state index contributed by atoms with van der Waals surface area (Å²) in [5, 5.41) is 20.8. The van der Waals surface area contributed by atoms with Gasteiger partial charge in [-0.3, -0.25) is 0 Å². The molecule has 30 heavy (non-hydrogen) atoms. The van der Waals surface area contributed by atoms with Crippen molar-refractivity contribution in [3.8, 4) is 6.07 Å². The highest BCUT2D eigenvalue weighted by Crippen LogP contribution is 2.33. The number of hydrogen-bond donors (Lipinski definition) is 1. The normalized spacial score (nSPS) is 12.6. The van der Waals surface area contributed by atoms with Gasteiger partial charge in [0.05, 0.1) is 27.7 Å². The van der Waals surface area contributed by atoms with E-state index in [-0.39, 0.29) is 10.6 Å². The predicted octanol–water partition coefficient (Wildman–Crippen LogP) is 4.90. The number of nitriles is 1. The Hall–Kier alpha value is -2.92. The second kappa shape index (κ2) is 7.73. The van der Waals surface area contributed by atoms with E-state index in [1.165, 1.54) is 3.97 Å². The van der Waals surface area contributed by atoms with Crippen LogP contribution in [0.5, 0.6) is 0 Å². The molecule has 150 valence electrons. The maximum atomic E-state index is 13.6. The molecule has 0 aliphatic rings. The van der Waals surface area contributed by atoms with E-state index >= 15 is 0 Å². The summed E-state index contributed by atoms with van der Waals surface area (Å²) in [4.78, 5) is 0.141. The molecule has 1 atom stereocenters. The highest BCUT2D eigenvalue weighted by Gasteiger charge is 2.27. The number of fused-ring (bicyclic) bond motifs is 1. The van der Waals surface area contributed by atoms with Gasteiger partial charge in [-0.2, -0.15) is 5.26 Å². The van der Waals surface area contributed by atoms with Crippen LogP contribution in [0.1, 0.15) is 28.5 Å². The third-order valence-electron chi connectivity index (χ3n) is 4.94. The van der Waals surface area contributed by atoms with Crippen molar-refractivity contribution in [1.82, 2.24) is 3.97 Å². The lowest BCUT2D eigenvalue weighted by atomic mass is 10.0. The zero-order valence-corrected chi connectivity index (χ0v) is 18.4. The fourth-order valence-electron chi connectivity index (χ4n) is 3.37. The van der Waals surface area contributed by atoms with Crippen LogP contribution in [0.15, 0.2) is 82.2 Å². The van der Waals surface area contributed by atoms with Crippen molar-refractivity contribution in [2.75, 3.05) is 0 Å². The molecule has 0 fully saturated rings. The van der Waals surface area contributed by atoms with Gasteiger partial charge in [0.25, 0.3) is 10.0 Å². The molecule has 0 aliphatic heterocycles. The molecule has 1 heterocycles. The molecule has 5 nitrogen and oxygen atoms in total. The molecule has 1 N–H and O–H groups in total. The van der Waals surface area contributed by atoms with Crippen molar-refractivity contribution in [1.29, 1.82) is 5.26 Å². The van der Waals surface area contributed by atoms with Crippen LogP contribution in [0.4, 0.5) is 0 Å². The van der Waals surface area contributed by atoms with Gasteiger partial charge in [-0.05, 0) is 61.0 Å². The summed E-state index contributed by atoms with van der Waals surface area (Å²) in [6.45, 7) is 1.89. The number of hydrogen-bond acceptors (Lipinski definition) is 4. The molecule has 0 amide bonds. The lowest BCUT2D eigenvalue weighted by Crippen LogP contribution is -2.18. The maximum absolute atomic E-state index is 13.6. The van der Waals surface area contributed by atoms with Gasteiger partial charge in [0, 0.05) is 9.86 Å². The van der Waals surface area contributed by atoms with Crippen LogP contribution in [0.3, 0.4) is 0 Å². The van der Waals surface area contributed by atoms with Crippen LogP contribution in [0, 0.1) is 18.3 Å². The third kappa shape index (κ3) is 3.54. The maximum Gasteiger partial charge on any atom is 0.268 e. The van der Waals surface area contributed by atoms with Gasteiger partial charge in [0.1, 0.15) is 6.10 Å². The molecule has 4 rings (SSSR count). The van der Waals surface area contributed by atoms with Crippen LogP contribution in [0.2, 0.25) is 0 Å². The zero-order chi connectivity index (χ0) is 21.5. The molecule has 4 aromatic rings. The number of halogens is 1. The molecule has 7 heteroatoms. The quantitative estimate of drug-likeness (QED) is 0.450. The molecule has 0 saturated heterocycles. The first kappa shape index (κ1) is 20.4. The Balaban J connectivity index is 1.95. The van der Waals surface area contributed by atoms with E-state index in [4.69, 9.17) is 5.26 Å². The summed E-state index contributed by atoms with van der Waals surface area (Å²) in [6.07, 6.45) is -1.19. The Bertz CT molecular complexity index is 1380. The smallest absolute Gasteiger partial charge is 0.268 e. The van der Waals surface area contributed by atoms with E-state index in [9.17, 15) is 13.5 Å². The van der Waals surface area contributed by atoms with Gasteiger partial charge >= 0.3 is 0 Å². The van der Waals surface area contributed by atoms with E-state index in [1.54, 1.807) is 66.7 Å². The Morgan fingerprint density at radius 1 is 1.00 bits per heavy atom. The molecule has 0 radical (unpaired) electrons. The third-order valence-corrected chi connectivity index (χ3v) is 7.19. The first-order chi connectivity index (χ1) is 14.3. The second-order valence-corrected chi connectivity index (χ2v) is 9.69. The van der Waals surface area contributed by atoms with Crippen molar-refractivity contribution in [3.05, 3.63) is 99.7 Å². The zero-order valence-electron chi connectivity index (χ0n) is 15.9. The lowest BCUT2D eigenvalue weighted by molar-refractivity contribution is 0.214. The molecule has 0 bridgehead atoms. The largest absolute Gasteiger partial charge is 0.382 e. The second-order valence-electron chi connectivity index (χ2n) is 6.99. The summed E-state index contributed by atoms with van der Waals surface area (Å²) in [5.41, 5.74) is 2.61. The molecule has 1 aromatic heterocycles. The van der Waals surface area contributed by atoms with Crippen LogP contribution >= 0.6 is 15.9 Å². The summed E-state index contributed by atoms with van der Waals surface area (Å²) in [6, 6.07) is 22.0. The summed E-state index contributed by atoms with van der Waals surface area (Å²) >= 11 is 3.42. The first-order valence-corrected chi connectivity index (χ1v) is 11.4. The Morgan fingerprint density at radius 3 is 2.30 bits per heavy atom. The highest BCUT2D eigenvalue weighted by molar-refractivity contribution is 9.10. The van der Waals surface area contributed by atoms with Crippen molar-refractivity contribution in [3.63, 3.8) is 0 Å². The van der Waals surface area contributed by atoms with Crippen LogP contribution in [-0.2, 0) is 10.0 Å². The topological polar surface area (TPSA) is 83.1 Å². The van der Waals surface area contributed by atoms with Gasteiger partial charge < -0.3 is 5.11 Å². The molecule has 0 saturated carbocycles. The minimum Gasteiger partial charge on any atom is -0.382 e. The minimum atomic E-state index is -3.96. The molecule has 1 unspecified atom stereocenters. The number of rotatable bonds is 4. The first-order valence-electron chi connectivity index (χ1n) is 9.12. The Labute approximate surface area is 183 Å². The molecular weight excluding hydrogens is 464 g/mol. The fourth-order valence-corrected chi connectivity index (χ4v) is 5.29. The average Bonchev–Trinajstić information content (AvgIpc) is 3.13. The monoisotopic (exact) mass is 480 g/mol. The number of aryl methyl sites for hydroxylation is 1. The number of benzene rings is 3. The minimum absolute atomic E-state index is 0.141. The summed E-state index contributed by atoms with van der Waals surface area (Å²) in [5.74, 6) is 0.